The maximum atomic E-state index is 12.9. The molecule has 1 aromatic carbocycles. The van der Waals surface area contributed by atoms with Gasteiger partial charge in [-0.2, -0.15) is 0 Å². The minimum absolute atomic E-state index is 0.129. The summed E-state index contributed by atoms with van der Waals surface area (Å²) >= 11 is 0. The highest BCUT2D eigenvalue weighted by Gasteiger charge is 2.19. The molecule has 8 heteroatoms. The van der Waals surface area contributed by atoms with Crippen LogP contribution >= 0.6 is 0 Å². The largest absolute Gasteiger partial charge is 0.359 e. The van der Waals surface area contributed by atoms with Gasteiger partial charge in [0.25, 0.3) is 0 Å². The number of para-hydroxylation sites is 1. The van der Waals surface area contributed by atoms with Crippen molar-refractivity contribution in [2.45, 2.75) is 6.42 Å². The minimum atomic E-state index is -3.32. The normalized spacial score (nSPS) is 11.6. The minimum Gasteiger partial charge on any atom is -0.359 e. The van der Waals surface area contributed by atoms with Gasteiger partial charge in [-0.1, -0.05) is 18.2 Å². The Balaban J connectivity index is 1.88. The first-order chi connectivity index (χ1) is 12.4. The van der Waals surface area contributed by atoms with Crippen molar-refractivity contribution in [3.8, 4) is 0 Å². The van der Waals surface area contributed by atoms with E-state index in [4.69, 9.17) is 0 Å². The summed E-state index contributed by atoms with van der Waals surface area (Å²) in [4.78, 5) is 21.7. The van der Waals surface area contributed by atoms with Crippen LogP contribution in [0.4, 0.5) is 5.69 Å². The number of hydrogen-bond donors (Lipinski definition) is 2. The molecular formula is C18H20N4O3S. The van der Waals surface area contributed by atoms with E-state index in [0.29, 0.717) is 0 Å². The lowest BCUT2D eigenvalue weighted by Gasteiger charge is -2.24. The lowest BCUT2D eigenvalue weighted by atomic mass is 10.1. The molecule has 2 N–H and O–H groups in total. The molecule has 0 aliphatic rings. The van der Waals surface area contributed by atoms with Crippen molar-refractivity contribution in [1.29, 1.82) is 0 Å². The quantitative estimate of drug-likeness (QED) is 0.660. The Morgan fingerprint density at radius 2 is 2.08 bits per heavy atom. The first kappa shape index (κ1) is 18.1. The fraction of sp³-hybridized carbons (Fsp3) is 0.222. The predicted molar refractivity (Wildman–Crippen MR) is 101 cm³/mol. The number of carbonyl (C=O) groups is 1. The molecule has 0 saturated heterocycles. The summed E-state index contributed by atoms with van der Waals surface area (Å²) in [5.41, 5.74) is 2.36. The van der Waals surface area contributed by atoms with Crippen LogP contribution in [0.2, 0.25) is 0 Å². The highest BCUT2D eigenvalue weighted by molar-refractivity contribution is 7.88. The van der Waals surface area contributed by atoms with Crippen molar-refractivity contribution in [1.82, 2.24) is 14.7 Å². The molecule has 0 aliphatic heterocycles. The lowest BCUT2D eigenvalue weighted by Crippen LogP contribution is -2.39. The van der Waals surface area contributed by atoms with Gasteiger partial charge in [0, 0.05) is 37.1 Å². The average molecular weight is 372 g/mol. The zero-order chi connectivity index (χ0) is 18.6. The van der Waals surface area contributed by atoms with Gasteiger partial charge < -0.3 is 9.88 Å². The molecule has 7 nitrogen and oxygen atoms in total. The van der Waals surface area contributed by atoms with E-state index in [9.17, 15) is 13.2 Å². The van der Waals surface area contributed by atoms with Gasteiger partial charge in [0.15, 0.2) is 0 Å². The van der Waals surface area contributed by atoms with Crippen LogP contribution in [0.1, 0.15) is 5.56 Å². The Kier molecular flexibility index (Phi) is 5.34. The molecule has 2 aromatic heterocycles. The number of aromatic amines is 1. The molecule has 3 aromatic rings. The first-order valence-electron chi connectivity index (χ1n) is 8.14. The van der Waals surface area contributed by atoms with E-state index < -0.39 is 10.0 Å². The van der Waals surface area contributed by atoms with E-state index in [-0.39, 0.29) is 25.4 Å². The second-order valence-electron chi connectivity index (χ2n) is 5.97. The third-order valence-electron chi connectivity index (χ3n) is 3.93. The summed E-state index contributed by atoms with van der Waals surface area (Å²) in [5, 5.41) is 0.984. The third-order valence-corrected chi connectivity index (χ3v) is 4.66. The lowest BCUT2D eigenvalue weighted by molar-refractivity contribution is -0.118. The van der Waals surface area contributed by atoms with Crippen molar-refractivity contribution in [2.75, 3.05) is 24.2 Å². The number of aromatic nitrogens is 2. The van der Waals surface area contributed by atoms with Crippen LogP contribution in [0.3, 0.4) is 0 Å². The number of H-pyrrole nitrogens is 1. The maximum Gasteiger partial charge on any atom is 0.231 e. The second-order valence-corrected chi connectivity index (χ2v) is 7.80. The highest BCUT2D eigenvalue weighted by atomic mass is 32.2. The molecular weight excluding hydrogens is 352 g/mol. The molecule has 26 heavy (non-hydrogen) atoms. The summed E-state index contributed by atoms with van der Waals surface area (Å²) < 4.78 is 25.1. The van der Waals surface area contributed by atoms with Gasteiger partial charge in [-0.05, 0) is 23.8 Å². The van der Waals surface area contributed by atoms with Crippen molar-refractivity contribution in [2.24, 2.45) is 0 Å². The summed E-state index contributed by atoms with van der Waals surface area (Å²) in [6, 6.07) is 11.2. The summed E-state index contributed by atoms with van der Waals surface area (Å²) in [7, 11) is -3.32. The Morgan fingerprint density at radius 3 is 2.81 bits per heavy atom. The van der Waals surface area contributed by atoms with Crippen LogP contribution in [0.15, 0.2) is 55.0 Å². The van der Waals surface area contributed by atoms with Crippen molar-refractivity contribution in [3.63, 3.8) is 0 Å². The standard InChI is InChI=1S/C18H20N4O3S/c1-26(24,25)21-10-11-22(17(23)12-14-4-3-8-19-13-14)16-6-2-5-15-7-9-20-18(15)16/h2-9,13,20-21H,10-12H2,1H3. The fourth-order valence-corrected chi connectivity index (χ4v) is 3.25. The van der Waals surface area contributed by atoms with Gasteiger partial charge in [-0.15, -0.1) is 0 Å². The number of nitrogens with zero attached hydrogens (tertiary/aromatic N) is 2. The second kappa shape index (κ2) is 7.67. The van der Waals surface area contributed by atoms with Gasteiger partial charge in [-0.25, -0.2) is 13.1 Å². The molecule has 0 atom stereocenters. The van der Waals surface area contributed by atoms with E-state index in [0.717, 1.165) is 28.4 Å². The molecule has 0 saturated carbocycles. The van der Waals surface area contributed by atoms with Crippen LogP contribution in [0.25, 0.3) is 10.9 Å². The van der Waals surface area contributed by atoms with Crippen LogP contribution < -0.4 is 9.62 Å². The maximum absolute atomic E-state index is 12.9. The number of nitrogens with one attached hydrogen (secondary N) is 2. The number of rotatable bonds is 7. The molecule has 3 rings (SSSR count). The van der Waals surface area contributed by atoms with Gasteiger partial charge in [-0.3, -0.25) is 9.78 Å². The number of fused-ring (bicyclic) bond motifs is 1. The summed E-state index contributed by atoms with van der Waals surface area (Å²) in [6.07, 6.45) is 6.40. The van der Waals surface area contributed by atoms with Crippen molar-refractivity contribution in [3.05, 3.63) is 60.6 Å². The third kappa shape index (κ3) is 4.47. The fourth-order valence-electron chi connectivity index (χ4n) is 2.79. The average Bonchev–Trinajstić information content (AvgIpc) is 3.07. The zero-order valence-corrected chi connectivity index (χ0v) is 15.2. The Bertz CT molecular complexity index is 999. The van der Waals surface area contributed by atoms with Gasteiger partial charge in [0.05, 0.1) is 23.9 Å². The van der Waals surface area contributed by atoms with E-state index >= 15 is 0 Å². The smallest absolute Gasteiger partial charge is 0.231 e. The SMILES string of the molecule is CS(=O)(=O)NCCN(C(=O)Cc1cccnc1)c1cccc2cc[nH]c12. The first-order valence-corrected chi connectivity index (χ1v) is 10.0. The highest BCUT2D eigenvalue weighted by Crippen LogP contribution is 2.26. The number of anilines is 1. The number of hydrogen-bond acceptors (Lipinski definition) is 4. The predicted octanol–water partition coefficient (Wildman–Crippen LogP) is 1.69. The number of pyridine rings is 1. The zero-order valence-electron chi connectivity index (χ0n) is 14.3. The Labute approximate surface area is 152 Å². The molecule has 0 unspecified atom stereocenters. The number of carbonyl (C=O) groups excluding carboxylic acids is 1. The number of amides is 1. The van der Waals surface area contributed by atoms with Crippen LogP contribution in [-0.2, 0) is 21.2 Å². The summed E-state index contributed by atoms with van der Waals surface area (Å²) in [5.74, 6) is -0.129. The van der Waals surface area contributed by atoms with Crippen LogP contribution in [0.5, 0.6) is 0 Å². The molecule has 0 spiro atoms. The molecule has 0 fully saturated rings. The Hall–Kier alpha value is -2.71. The molecule has 0 radical (unpaired) electrons. The molecule has 0 bridgehead atoms. The molecule has 136 valence electrons. The summed E-state index contributed by atoms with van der Waals surface area (Å²) in [6.45, 7) is 0.360. The van der Waals surface area contributed by atoms with Gasteiger partial charge >= 0.3 is 0 Å². The monoisotopic (exact) mass is 372 g/mol. The van der Waals surface area contributed by atoms with E-state index in [1.54, 1.807) is 23.4 Å². The van der Waals surface area contributed by atoms with E-state index in [1.165, 1.54) is 0 Å². The van der Waals surface area contributed by atoms with Crippen LogP contribution in [0, 0.1) is 0 Å². The van der Waals surface area contributed by atoms with Gasteiger partial charge in [0.2, 0.25) is 15.9 Å². The van der Waals surface area contributed by atoms with Crippen LogP contribution in [-0.4, -0.2) is 43.6 Å². The van der Waals surface area contributed by atoms with Gasteiger partial charge in [0.1, 0.15) is 0 Å². The van der Waals surface area contributed by atoms with Crippen molar-refractivity contribution < 1.29 is 13.2 Å². The number of sulfonamides is 1. The molecule has 2 heterocycles. The molecule has 0 aliphatic carbocycles. The van der Waals surface area contributed by atoms with Crippen molar-refractivity contribution >= 4 is 32.5 Å². The topological polar surface area (TPSA) is 95.2 Å². The number of benzene rings is 1. The van der Waals surface area contributed by atoms with E-state index in [1.807, 2.05) is 36.5 Å². The molecule has 1 amide bonds. The van der Waals surface area contributed by atoms with E-state index in [2.05, 4.69) is 14.7 Å². The Morgan fingerprint density at radius 1 is 1.23 bits per heavy atom.